The van der Waals surface area contributed by atoms with Crippen molar-refractivity contribution in [2.45, 2.75) is 12.3 Å². The third kappa shape index (κ3) is 3.91. The van der Waals surface area contributed by atoms with E-state index in [9.17, 15) is 14.7 Å². The normalized spacial score (nSPS) is 11.5. The topological polar surface area (TPSA) is 82.1 Å². The van der Waals surface area contributed by atoms with Gasteiger partial charge < -0.3 is 19.3 Å². The zero-order valence-electron chi connectivity index (χ0n) is 14.3. The molecule has 0 aliphatic carbocycles. The van der Waals surface area contributed by atoms with E-state index >= 15 is 0 Å². The maximum absolute atomic E-state index is 12.0. The van der Waals surface area contributed by atoms with E-state index in [-0.39, 0.29) is 12.0 Å². The molecule has 0 aliphatic rings. The molecule has 0 aromatic heterocycles. The predicted molar refractivity (Wildman–Crippen MR) is 91.4 cm³/mol. The molecule has 6 nitrogen and oxygen atoms in total. The lowest BCUT2D eigenvalue weighted by atomic mass is 9.84. The number of carboxylic acids is 1. The van der Waals surface area contributed by atoms with E-state index in [1.807, 2.05) is 0 Å². The molecule has 0 aliphatic heterocycles. The monoisotopic (exact) mass is 344 g/mol. The maximum Gasteiger partial charge on any atom is 0.336 e. The number of benzene rings is 2. The van der Waals surface area contributed by atoms with Gasteiger partial charge in [-0.2, -0.15) is 0 Å². The Bertz CT molecular complexity index is 768. The molecule has 0 fully saturated rings. The molecule has 25 heavy (non-hydrogen) atoms. The average molecular weight is 344 g/mol. The molecule has 2 aromatic rings. The van der Waals surface area contributed by atoms with Crippen molar-refractivity contribution < 1.29 is 28.9 Å². The van der Waals surface area contributed by atoms with E-state index in [1.54, 1.807) is 36.4 Å². The molecule has 2 rings (SSSR count). The van der Waals surface area contributed by atoms with Crippen LogP contribution in [0.1, 0.15) is 33.8 Å². The van der Waals surface area contributed by atoms with Gasteiger partial charge in [0.05, 0.1) is 33.3 Å². The molecule has 0 heterocycles. The SMILES string of the molecule is COC(=O)CC(c1ccccc1OC)c1c(OC)cccc1C(=O)O. The van der Waals surface area contributed by atoms with E-state index < -0.39 is 17.9 Å². The lowest BCUT2D eigenvalue weighted by molar-refractivity contribution is -0.140. The molecule has 0 saturated heterocycles. The summed E-state index contributed by atoms with van der Waals surface area (Å²) in [7, 11) is 4.28. The van der Waals surface area contributed by atoms with Crippen LogP contribution in [0.2, 0.25) is 0 Å². The van der Waals surface area contributed by atoms with Gasteiger partial charge in [-0.1, -0.05) is 24.3 Å². The highest BCUT2D eigenvalue weighted by Gasteiger charge is 2.29. The Kier molecular flexibility index (Phi) is 6.00. The molecule has 1 unspecified atom stereocenters. The van der Waals surface area contributed by atoms with Crippen molar-refractivity contribution in [2.24, 2.45) is 0 Å². The van der Waals surface area contributed by atoms with E-state index in [2.05, 4.69) is 0 Å². The second-order valence-electron chi connectivity index (χ2n) is 5.30. The quantitative estimate of drug-likeness (QED) is 0.777. The number of aromatic carboxylic acids is 1. The Labute approximate surface area is 146 Å². The van der Waals surface area contributed by atoms with Crippen LogP contribution in [0.25, 0.3) is 0 Å². The number of hydrogen-bond donors (Lipinski definition) is 1. The first-order valence-corrected chi connectivity index (χ1v) is 7.63. The third-order valence-electron chi connectivity index (χ3n) is 3.98. The van der Waals surface area contributed by atoms with Crippen molar-refractivity contribution >= 4 is 11.9 Å². The third-order valence-corrected chi connectivity index (χ3v) is 3.98. The van der Waals surface area contributed by atoms with Crippen molar-refractivity contribution in [3.63, 3.8) is 0 Å². The lowest BCUT2D eigenvalue weighted by Crippen LogP contribution is -2.15. The highest BCUT2D eigenvalue weighted by Crippen LogP contribution is 2.40. The summed E-state index contributed by atoms with van der Waals surface area (Å²) in [4.78, 5) is 23.7. The summed E-state index contributed by atoms with van der Waals surface area (Å²) in [6.45, 7) is 0. The standard InChI is InChI=1S/C19H20O6/c1-23-15-9-5-4-7-12(15)14(11-17(20)25-3)18-13(19(21)22)8-6-10-16(18)24-2/h4-10,14H,11H2,1-3H3,(H,21,22). The summed E-state index contributed by atoms with van der Waals surface area (Å²) in [5.74, 6) is -1.21. The first kappa shape index (κ1) is 18.3. The van der Waals surface area contributed by atoms with E-state index in [4.69, 9.17) is 14.2 Å². The van der Waals surface area contributed by atoms with Gasteiger partial charge in [-0.05, 0) is 18.2 Å². The van der Waals surface area contributed by atoms with Crippen LogP contribution in [0.5, 0.6) is 11.5 Å². The van der Waals surface area contributed by atoms with Crippen molar-refractivity contribution in [2.75, 3.05) is 21.3 Å². The molecule has 0 amide bonds. The molecular weight excluding hydrogens is 324 g/mol. The molecule has 6 heteroatoms. The van der Waals surface area contributed by atoms with Gasteiger partial charge in [0.15, 0.2) is 0 Å². The number of ether oxygens (including phenoxy) is 3. The van der Waals surface area contributed by atoms with Crippen LogP contribution in [0.15, 0.2) is 42.5 Å². The minimum Gasteiger partial charge on any atom is -0.496 e. The minimum absolute atomic E-state index is 0.0441. The fraction of sp³-hybridized carbons (Fsp3) is 0.263. The Balaban J connectivity index is 2.72. The van der Waals surface area contributed by atoms with Gasteiger partial charge in [-0.15, -0.1) is 0 Å². The first-order valence-electron chi connectivity index (χ1n) is 7.63. The number of methoxy groups -OCH3 is 3. The molecule has 0 spiro atoms. The Morgan fingerprint density at radius 1 is 0.960 bits per heavy atom. The van der Waals surface area contributed by atoms with Gasteiger partial charge in [-0.25, -0.2) is 4.79 Å². The smallest absolute Gasteiger partial charge is 0.336 e. The van der Waals surface area contributed by atoms with Gasteiger partial charge in [0.2, 0.25) is 0 Å². The van der Waals surface area contributed by atoms with Crippen LogP contribution < -0.4 is 9.47 Å². The molecular formula is C19H20O6. The number of rotatable bonds is 7. The number of carbonyl (C=O) groups excluding carboxylic acids is 1. The molecule has 1 N–H and O–H groups in total. The summed E-state index contributed by atoms with van der Waals surface area (Å²) < 4.78 is 15.6. The molecule has 0 bridgehead atoms. The number of carbonyl (C=O) groups is 2. The van der Waals surface area contributed by atoms with Gasteiger partial charge in [0.1, 0.15) is 11.5 Å². The average Bonchev–Trinajstić information content (AvgIpc) is 2.65. The molecule has 2 aromatic carbocycles. The van der Waals surface area contributed by atoms with Crippen LogP contribution in [0.4, 0.5) is 0 Å². The number of para-hydroxylation sites is 1. The minimum atomic E-state index is -1.10. The number of hydrogen-bond acceptors (Lipinski definition) is 5. The summed E-state index contributed by atoms with van der Waals surface area (Å²) in [6.07, 6.45) is -0.0441. The first-order chi connectivity index (χ1) is 12.0. The molecule has 0 radical (unpaired) electrons. The van der Waals surface area contributed by atoms with Crippen molar-refractivity contribution in [3.8, 4) is 11.5 Å². The van der Waals surface area contributed by atoms with E-state index in [0.29, 0.717) is 22.6 Å². The lowest BCUT2D eigenvalue weighted by Gasteiger charge is -2.23. The highest BCUT2D eigenvalue weighted by molar-refractivity contribution is 5.91. The van der Waals surface area contributed by atoms with Crippen LogP contribution in [0.3, 0.4) is 0 Å². The predicted octanol–water partition coefficient (Wildman–Crippen LogP) is 3.10. The fourth-order valence-electron chi connectivity index (χ4n) is 2.84. The van der Waals surface area contributed by atoms with E-state index in [1.165, 1.54) is 27.4 Å². The number of carboxylic acid groups (broad SMARTS) is 1. The van der Waals surface area contributed by atoms with E-state index in [0.717, 1.165) is 0 Å². The van der Waals surface area contributed by atoms with Crippen molar-refractivity contribution in [3.05, 3.63) is 59.2 Å². The Hall–Kier alpha value is -3.02. The second kappa shape index (κ2) is 8.19. The van der Waals surface area contributed by atoms with Gasteiger partial charge in [0.25, 0.3) is 0 Å². The zero-order valence-corrected chi connectivity index (χ0v) is 14.3. The summed E-state index contributed by atoms with van der Waals surface area (Å²) >= 11 is 0. The highest BCUT2D eigenvalue weighted by atomic mass is 16.5. The van der Waals surface area contributed by atoms with Crippen LogP contribution >= 0.6 is 0 Å². The Morgan fingerprint density at radius 2 is 1.60 bits per heavy atom. The molecule has 1 atom stereocenters. The Morgan fingerprint density at radius 3 is 2.20 bits per heavy atom. The molecule has 132 valence electrons. The van der Waals surface area contributed by atoms with Gasteiger partial charge in [-0.3, -0.25) is 4.79 Å². The largest absolute Gasteiger partial charge is 0.496 e. The van der Waals surface area contributed by atoms with Gasteiger partial charge in [0, 0.05) is 17.0 Å². The van der Waals surface area contributed by atoms with Crippen LogP contribution in [0, 0.1) is 0 Å². The molecule has 0 saturated carbocycles. The second-order valence-corrected chi connectivity index (χ2v) is 5.30. The zero-order chi connectivity index (χ0) is 18.4. The summed E-state index contributed by atoms with van der Waals surface area (Å²) in [5, 5.41) is 9.60. The van der Waals surface area contributed by atoms with Crippen LogP contribution in [-0.4, -0.2) is 38.4 Å². The van der Waals surface area contributed by atoms with Crippen LogP contribution in [-0.2, 0) is 9.53 Å². The summed E-state index contributed by atoms with van der Waals surface area (Å²) in [5.41, 5.74) is 1.16. The fourth-order valence-corrected chi connectivity index (χ4v) is 2.84. The number of esters is 1. The maximum atomic E-state index is 12.0. The van der Waals surface area contributed by atoms with Gasteiger partial charge >= 0.3 is 11.9 Å². The summed E-state index contributed by atoms with van der Waals surface area (Å²) in [6, 6.07) is 11.9. The van der Waals surface area contributed by atoms with Crippen molar-refractivity contribution in [1.29, 1.82) is 0 Å². The van der Waals surface area contributed by atoms with Crippen molar-refractivity contribution in [1.82, 2.24) is 0 Å².